The van der Waals surface area contributed by atoms with Crippen molar-refractivity contribution in [2.24, 2.45) is 0 Å². The van der Waals surface area contributed by atoms with E-state index in [0.29, 0.717) is 6.54 Å². The molecule has 0 aliphatic rings. The van der Waals surface area contributed by atoms with Gasteiger partial charge in [0.15, 0.2) is 11.6 Å². The van der Waals surface area contributed by atoms with Crippen molar-refractivity contribution in [3.8, 4) is 0 Å². The maximum Gasteiger partial charge on any atom is 0.241 e. The van der Waals surface area contributed by atoms with Gasteiger partial charge in [0, 0.05) is 23.4 Å². The topological polar surface area (TPSA) is 45.2 Å². The molecule has 0 spiro atoms. The molecule has 1 aromatic heterocycles. The molecule has 0 radical (unpaired) electrons. The van der Waals surface area contributed by atoms with Crippen LogP contribution in [-0.4, -0.2) is 35.9 Å². The molecule has 1 amide bonds. The first-order valence-corrected chi connectivity index (χ1v) is 5.91. The molecule has 1 rings (SSSR count). The number of hydrogen-bond donors (Lipinski definition) is 1. The quantitative estimate of drug-likeness (QED) is 0.851. The molecule has 6 heteroatoms. The predicted octanol–water partition coefficient (Wildman–Crippen LogP) is 1.72. The minimum atomic E-state index is -0.446. The molecule has 0 saturated heterocycles. The molecule has 0 bridgehead atoms. The summed E-state index contributed by atoms with van der Waals surface area (Å²) in [6, 6.07) is 1.36. The number of carbonyl (C=O) groups is 1. The lowest BCUT2D eigenvalue weighted by atomic mass is 10.4. The lowest BCUT2D eigenvalue weighted by molar-refractivity contribution is -0.127. The third-order valence-electron chi connectivity index (χ3n) is 2.11. The minimum Gasteiger partial charge on any atom is -0.359 e. The number of rotatable bonds is 4. The number of aromatic nitrogens is 1. The van der Waals surface area contributed by atoms with Crippen molar-refractivity contribution in [3.05, 3.63) is 21.7 Å². The SMILES string of the molecule is CCN(C)C(=O)CNc1ncc(I)cc1F. The summed E-state index contributed by atoms with van der Waals surface area (Å²) in [5, 5.41) is 2.67. The third-order valence-corrected chi connectivity index (χ3v) is 2.70. The van der Waals surface area contributed by atoms with Crippen LogP contribution in [0, 0.1) is 9.39 Å². The lowest BCUT2D eigenvalue weighted by Crippen LogP contribution is -2.32. The van der Waals surface area contributed by atoms with Crippen LogP contribution in [-0.2, 0) is 4.79 Å². The number of hydrogen-bond acceptors (Lipinski definition) is 3. The fourth-order valence-electron chi connectivity index (χ4n) is 1.02. The summed E-state index contributed by atoms with van der Waals surface area (Å²) in [6.07, 6.45) is 1.54. The van der Waals surface area contributed by atoms with Crippen molar-refractivity contribution in [2.45, 2.75) is 6.92 Å². The molecule has 0 atom stereocenters. The van der Waals surface area contributed by atoms with E-state index in [1.165, 1.54) is 6.07 Å². The Labute approximate surface area is 107 Å². The van der Waals surface area contributed by atoms with E-state index in [2.05, 4.69) is 10.3 Å². The van der Waals surface area contributed by atoms with Crippen molar-refractivity contribution in [1.82, 2.24) is 9.88 Å². The number of nitrogens with one attached hydrogen (secondary N) is 1. The van der Waals surface area contributed by atoms with Crippen LogP contribution in [0.25, 0.3) is 0 Å². The second-order valence-corrected chi connectivity index (χ2v) is 4.49. The van der Waals surface area contributed by atoms with Crippen LogP contribution in [0.1, 0.15) is 6.92 Å². The number of anilines is 1. The Hall–Kier alpha value is -0.920. The van der Waals surface area contributed by atoms with Crippen LogP contribution in [0.2, 0.25) is 0 Å². The summed E-state index contributed by atoms with van der Waals surface area (Å²) in [6.45, 7) is 2.56. The largest absolute Gasteiger partial charge is 0.359 e. The van der Waals surface area contributed by atoms with Crippen LogP contribution < -0.4 is 5.32 Å². The average Bonchev–Trinajstić information content (AvgIpc) is 2.26. The molecule has 1 N–H and O–H groups in total. The van der Waals surface area contributed by atoms with Crippen LogP contribution in [0.15, 0.2) is 12.3 Å². The summed E-state index contributed by atoms with van der Waals surface area (Å²) in [7, 11) is 1.70. The van der Waals surface area contributed by atoms with Gasteiger partial charge in [0.1, 0.15) is 0 Å². The van der Waals surface area contributed by atoms with Crippen molar-refractivity contribution < 1.29 is 9.18 Å². The van der Waals surface area contributed by atoms with E-state index in [9.17, 15) is 9.18 Å². The fourth-order valence-corrected chi connectivity index (χ4v) is 1.43. The van der Waals surface area contributed by atoms with Gasteiger partial charge in [0.2, 0.25) is 5.91 Å². The van der Waals surface area contributed by atoms with Gasteiger partial charge in [0.05, 0.1) is 6.54 Å². The molecule has 88 valence electrons. The van der Waals surface area contributed by atoms with E-state index in [0.717, 1.165) is 3.57 Å². The maximum atomic E-state index is 13.3. The van der Waals surface area contributed by atoms with Crippen molar-refractivity contribution in [1.29, 1.82) is 0 Å². The third kappa shape index (κ3) is 3.58. The maximum absolute atomic E-state index is 13.3. The zero-order chi connectivity index (χ0) is 12.1. The van der Waals surface area contributed by atoms with Gasteiger partial charge >= 0.3 is 0 Å². The highest BCUT2D eigenvalue weighted by Gasteiger charge is 2.09. The van der Waals surface area contributed by atoms with E-state index in [1.54, 1.807) is 18.1 Å². The molecule has 0 aliphatic carbocycles. The number of nitrogens with zero attached hydrogens (tertiary/aromatic N) is 2. The van der Waals surface area contributed by atoms with Crippen molar-refractivity contribution >= 4 is 34.3 Å². The van der Waals surface area contributed by atoms with Crippen molar-refractivity contribution in [2.75, 3.05) is 25.5 Å². The minimum absolute atomic E-state index is 0.0504. The molecule has 0 saturated carbocycles. The van der Waals surface area contributed by atoms with Gasteiger partial charge in [-0.3, -0.25) is 4.79 Å². The van der Waals surface area contributed by atoms with Crippen LogP contribution in [0.3, 0.4) is 0 Å². The van der Waals surface area contributed by atoms with Gasteiger partial charge in [-0.1, -0.05) is 0 Å². The Morgan fingerprint density at radius 1 is 1.69 bits per heavy atom. The number of halogens is 2. The highest BCUT2D eigenvalue weighted by Crippen LogP contribution is 2.12. The molecule has 0 aliphatic heterocycles. The fraction of sp³-hybridized carbons (Fsp3) is 0.400. The second-order valence-electron chi connectivity index (χ2n) is 3.25. The van der Waals surface area contributed by atoms with Gasteiger partial charge in [0.25, 0.3) is 0 Å². The van der Waals surface area contributed by atoms with E-state index in [1.807, 2.05) is 29.5 Å². The smallest absolute Gasteiger partial charge is 0.241 e. The molecule has 0 aromatic carbocycles. The summed E-state index contributed by atoms with van der Waals surface area (Å²) in [4.78, 5) is 16.9. The molecular weight excluding hydrogens is 324 g/mol. The number of amides is 1. The van der Waals surface area contributed by atoms with Crippen LogP contribution >= 0.6 is 22.6 Å². The van der Waals surface area contributed by atoms with E-state index in [-0.39, 0.29) is 18.3 Å². The molecular formula is C10H13FIN3O. The Morgan fingerprint density at radius 3 is 2.94 bits per heavy atom. The van der Waals surface area contributed by atoms with Gasteiger partial charge in [-0.2, -0.15) is 0 Å². The normalized spacial score (nSPS) is 10.0. The highest BCUT2D eigenvalue weighted by atomic mass is 127. The molecule has 0 unspecified atom stereocenters. The Morgan fingerprint density at radius 2 is 2.38 bits per heavy atom. The summed E-state index contributed by atoms with van der Waals surface area (Å²) in [5.41, 5.74) is 0. The van der Waals surface area contributed by atoms with Gasteiger partial charge < -0.3 is 10.2 Å². The van der Waals surface area contributed by atoms with Crippen LogP contribution in [0.5, 0.6) is 0 Å². The van der Waals surface area contributed by atoms with Crippen molar-refractivity contribution in [3.63, 3.8) is 0 Å². The first kappa shape index (κ1) is 13.1. The Bertz CT molecular complexity index is 386. The first-order chi connectivity index (χ1) is 7.54. The molecule has 1 aromatic rings. The van der Waals surface area contributed by atoms with Crippen LogP contribution in [0.4, 0.5) is 10.2 Å². The van der Waals surface area contributed by atoms with Gasteiger partial charge in [-0.25, -0.2) is 9.37 Å². The zero-order valence-electron chi connectivity index (χ0n) is 9.13. The lowest BCUT2D eigenvalue weighted by Gasteiger charge is -2.15. The van der Waals surface area contributed by atoms with E-state index in [4.69, 9.17) is 0 Å². The standard InChI is InChI=1S/C10H13FIN3O/c1-3-15(2)9(16)6-14-10-8(11)4-7(12)5-13-10/h4-5H,3,6H2,1-2H3,(H,13,14). The molecule has 16 heavy (non-hydrogen) atoms. The Kier molecular flexibility index (Phi) is 4.91. The monoisotopic (exact) mass is 337 g/mol. The second kappa shape index (κ2) is 5.97. The van der Waals surface area contributed by atoms with Gasteiger partial charge in [-0.05, 0) is 35.6 Å². The Balaban J connectivity index is 2.58. The first-order valence-electron chi connectivity index (χ1n) is 4.83. The predicted molar refractivity (Wildman–Crippen MR) is 68.7 cm³/mol. The average molecular weight is 337 g/mol. The zero-order valence-corrected chi connectivity index (χ0v) is 11.3. The molecule has 1 heterocycles. The highest BCUT2D eigenvalue weighted by molar-refractivity contribution is 14.1. The van der Waals surface area contributed by atoms with E-state index >= 15 is 0 Å². The summed E-state index contributed by atoms with van der Waals surface area (Å²) < 4.78 is 14.0. The van der Waals surface area contributed by atoms with E-state index < -0.39 is 5.82 Å². The number of carbonyl (C=O) groups excluding carboxylic acids is 1. The number of pyridine rings is 1. The number of likely N-dealkylation sites (N-methyl/N-ethyl adjacent to an activating group) is 1. The molecule has 4 nitrogen and oxygen atoms in total. The van der Waals surface area contributed by atoms with Gasteiger partial charge in [-0.15, -0.1) is 0 Å². The molecule has 0 fully saturated rings. The summed E-state index contributed by atoms with van der Waals surface area (Å²) >= 11 is 1.98. The summed E-state index contributed by atoms with van der Waals surface area (Å²) in [5.74, 6) is -0.431.